The smallest absolute Gasteiger partial charge is 0.394 e. The Morgan fingerprint density at radius 2 is 0.862 bits per heavy atom. The highest BCUT2D eigenvalue weighted by molar-refractivity contribution is 5.79. The van der Waals surface area contributed by atoms with Crippen molar-refractivity contribution in [3.63, 3.8) is 0 Å². The summed E-state index contributed by atoms with van der Waals surface area (Å²) in [5.74, 6) is -8.38. The molecule has 0 aliphatic carbocycles. The van der Waals surface area contributed by atoms with Gasteiger partial charge in [-0.15, -0.1) is 5.10 Å². The molecule has 0 aromatic carbocycles. The molecule has 1 saturated heterocycles. The Labute approximate surface area is 640 Å². The van der Waals surface area contributed by atoms with Gasteiger partial charge in [0.2, 0.25) is 6.23 Å². The summed E-state index contributed by atoms with van der Waals surface area (Å²) in [6.07, 6.45) is -12.5. The first kappa shape index (κ1) is 97.9. The van der Waals surface area contributed by atoms with Gasteiger partial charge < -0.3 is 106 Å². The minimum atomic E-state index is -5.72. The van der Waals surface area contributed by atoms with Crippen molar-refractivity contribution >= 4 is 58.1 Å². The molecule has 1 aliphatic rings. The lowest BCUT2D eigenvalue weighted by molar-refractivity contribution is -0.394. The second-order valence-corrected chi connectivity index (χ2v) is 23.8. The van der Waals surface area contributed by atoms with Gasteiger partial charge in [-0.25, -0.2) is 54.2 Å². The Kier molecular flexibility index (Phi) is 39.5. The van der Waals surface area contributed by atoms with Gasteiger partial charge in [-0.1, -0.05) is 5.21 Å². The Hall–Kier alpha value is -12.3. The molecule has 0 saturated carbocycles. The number of aliphatic hydroxyl groups excluding tert-OH is 6. The average Bonchev–Trinajstić information content (AvgIpc) is 1.64. The van der Waals surface area contributed by atoms with E-state index in [0.717, 1.165) is 30.5 Å². The number of carbonyl (C=O) groups is 3. The van der Waals surface area contributed by atoms with Gasteiger partial charge in [0.1, 0.15) is 114 Å². The van der Waals surface area contributed by atoms with E-state index < -0.39 is 191 Å². The highest BCUT2D eigenvalue weighted by Crippen LogP contribution is 2.39. The number of aromatic nitrogens is 10. The molecule has 41 nitrogen and oxygen atoms in total. The molecule has 0 bridgehead atoms. The monoisotopic (exact) mass is 1690 g/mol. The maximum absolute atomic E-state index is 12.6. The van der Waals surface area contributed by atoms with Crippen molar-refractivity contribution < 1.29 is 141 Å². The molecule has 1 aliphatic heterocycles. The van der Waals surface area contributed by atoms with E-state index in [1.807, 2.05) is 0 Å². The van der Waals surface area contributed by atoms with Crippen LogP contribution in [0, 0.1) is 70.8 Å². The van der Waals surface area contributed by atoms with Crippen LogP contribution in [0.15, 0.2) is 135 Å². The zero-order valence-corrected chi connectivity index (χ0v) is 59.6. The molecule has 0 spiro atoms. The van der Waals surface area contributed by atoms with Gasteiger partial charge in [-0.05, 0) is 83.3 Å². The Balaban J connectivity index is 0.000000351. The lowest BCUT2D eigenvalue weighted by Crippen LogP contribution is -2.36. The number of hydrogen-bond donors (Lipinski definition) is 6. The van der Waals surface area contributed by atoms with Crippen LogP contribution in [-0.2, 0) is 58.4 Å². The van der Waals surface area contributed by atoms with Crippen LogP contribution in [0.2, 0.25) is 0 Å². The summed E-state index contributed by atoms with van der Waals surface area (Å²) in [6.45, 7) is -5.91. The fourth-order valence-electron chi connectivity index (χ4n) is 9.54. The topological polar surface area (TPSA) is 549 Å². The zero-order chi connectivity index (χ0) is 87.5. The minimum absolute atomic E-state index is 0.0567. The van der Waals surface area contributed by atoms with Crippen LogP contribution in [0.1, 0.15) is 56.5 Å². The summed E-state index contributed by atoms with van der Waals surface area (Å²) >= 11 is 0. The van der Waals surface area contributed by atoms with Crippen LogP contribution in [-0.4, -0.2) is 224 Å². The summed E-state index contributed by atoms with van der Waals surface area (Å²) in [5.41, 5.74) is 0.450. The van der Waals surface area contributed by atoms with Crippen LogP contribution in [0.5, 0.6) is 0 Å². The van der Waals surface area contributed by atoms with Crippen LogP contribution in [0.4, 0.5) is 97.8 Å². The number of ketones is 3. The maximum atomic E-state index is 12.6. The third kappa shape index (κ3) is 31.2. The molecule has 8 atom stereocenters. The molecule has 8 aromatic heterocycles. The number of halogens is 13. The fraction of sp³-hybridized carbons (Fsp3) is 0.468. The molecule has 9 rings (SSSR count). The molecule has 0 radical (unpaired) electrons. The van der Waals surface area contributed by atoms with Gasteiger partial charge in [0.15, 0.2) is 17.3 Å². The van der Waals surface area contributed by atoms with Gasteiger partial charge in [0, 0.05) is 68.1 Å². The van der Waals surface area contributed by atoms with E-state index in [1.165, 1.54) is 128 Å². The third-order valence-electron chi connectivity index (χ3n) is 15.3. The molecular formula is C62H72F13N17O24. The Morgan fingerprint density at radius 1 is 0.483 bits per heavy atom. The van der Waals surface area contributed by atoms with Crippen LogP contribution in [0.3, 0.4) is 0 Å². The number of Topliss-reactive ketones (excluding diaryl/α,β-unsaturated/α-hetero) is 3. The largest absolute Gasteiger partial charge is 0.453 e. The molecule has 116 heavy (non-hydrogen) atoms. The highest BCUT2D eigenvalue weighted by Gasteiger charge is 2.57. The van der Waals surface area contributed by atoms with Gasteiger partial charge in [-0.3, -0.25) is 18.8 Å². The number of carbonyl (C=O) groups excluding carboxylic acids is 3. The predicted octanol–water partition coefficient (Wildman–Crippen LogP) is 8.30. The van der Waals surface area contributed by atoms with Crippen molar-refractivity contribution in [3.05, 3.63) is 211 Å². The number of alkyl halides is 13. The zero-order valence-electron chi connectivity index (χ0n) is 59.6. The van der Waals surface area contributed by atoms with E-state index in [4.69, 9.17) is 20.1 Å². The predicted molar refractivity (Wildman–Crippen MR) is 366 cm³/mol. The first-order chi connectivity index (χ1) is 54.4. The van der Waals surface area contributed by atoms with Crippen molar-refractivity contribution in [3.8, 4) is 0 Å². The molecule has 54 heteroatoms. The first-order valence-electron chi connectivity index (χ1n) is 32.9. The van der Waals surface area contributed by atoms with Crippen LogP contribution >= 0.6 is 0 Å². The number of ether oxygens (including phenoxy) is 1. The molecule has 640 valence electrons. The minimum Gasteiger partial charge on any atom is -0.394 e. The normalized spacial score (nSPS) is 15.4. The highest BCUT2D eigenvalue weighted by atomic mass is 19.4. The molecule has 8 aromatic rings. The summed E-state index contributed by atoms with van der Waals surface area (Å²) in [5, 5.41) is 136. The van der Waals surface area contributed by atoms with E-state index in [9.17, 15) is 158 Å². The Bertz CT molecular complexity index is 4460. The molecule has 1 fully saturated rings. The van der Waals surface area contributed by atoms with Crippen LogP contribution in [0.25, 0.3) is 0 Å². The van der Waals surface area contributed by atoms with E-state index >= 15 is 0 Å². The standard InChI is InChI=1S/C10H9F5N2O3.C10H12FN5O3.C9H9F3N2O3.C9H11FN2O5.C9H11FN2O3.C8H11FN2O4.C7H9FN2O3/c11-9(12,10(13,14)15)4-3-7(18)6-16-5-1-2-8(16)17(19)20;11-4-9(7-17)15-6-8(12-13-15)5-14-3-1-2-10(14)16(18)19;10-9(11,12)4-3-7(15)6-13-5-1-2-8(13)14(16)17;10-4-5-7(13)8(14)9(17-5)11-3-1-2-6(11)12(15)16;10-5-1-3-8(13)7-11-6-2-4-9(11)12(14)15;9-4-6(12)7(13)5-10-3-1-2-8(10)11(14)15;8-4-6(11)5-9-3-1-2-7(9)10(12)13/h1-2,5H,3-4,6H2;1-3,6,9,17H,4-5,7H2;1-2,5H,3-4,6H2;1-3,5,7-9,13-14H,4H2;2,4,6H,1,3,5,7H2;1-3,6-7,12-13H,4-5H2;1-3,6,11H,4-5H2. The van der Waals surface area contributed by atoms with E-state index in [0.29, 0.717) is 5.69 Å². The maximum Gasteiger partial charge on any atom is 0.453 e. The molecule has 9 heterocycles. The van der Waals surface area contributed by atoms with E-state index in [1.54, 1.807) is 12.3 Å². The van der Waals surface area contributed by atoms with E-state index in [2.05, 4.69) is 10.3 Å². The second kappa shape index (κ2) is 46.8. The van der Waals surface area contributed by atoms with E-state index in [-0.39, 0.29) is 86.3 Å². The van der Waals surface area contributed by atoms with Crippen LogP contribution < -0.4 is 0 Å². The fourth-order valence-corrected chi connectivity index (χ4v) is 9.54. The summed E-state index contributed by atoms with van der Waals surface area (Å²) in [6, 6.07) is 18.0. The van der Waals surface area contributed by atoms with Crippen molar-refractivity contribution in [2.75, 3.05) is 40.0 Å². The van der Waals surface area contributed by atoms with Crippen molar-refractivity contribution in [1.29, 1.82) is 0 Å². The number of hydrogen-bond acceptors (Lipinski definition) is 26. The number of aliphatic hydroxyl groups is 6. The van der Waals surface area contributed by atoms with Crippen molar-refractivity contribution in [2.24, 2.45) is 0 Å². The van der Waals surface area contributed by atoms with Crippen molar-refractivity contribution in [1.82, 2.24) is 47.0 Å². The van der Waals surface area contributed by atoms with Crippen molar-refractivity contribution in [2.45, 2.75) is 145 Å². The van der Waals surface area contributed by atoms with Gasteiger partial charge in [0.25, 0.3) is 0 Å². The van der Waals surface area contributed by atoms with Gasteiger partial charge >= 0.3 is 59.0 Å². The van der Waals surface area contributed by atoms with Gasteiger partial charge in [0.05, 0.1) is 69.3 Å². The summed E-state index contributed by atoms with van der Waals surface area (Å²) < 4.78 is 171. The Morgan fingerprint density at radius 3 is 1.23 bits per heavy atom. The number of nitrogens with zero attached hydrogens (tertiary/aromatic N) is 17. The average molecular weight is 1690 g/mol. The second-order valence-electron chi connectivity index (χ2n) is 23.8. The third-order valence-corrected chi connectivity index (χ3v) is 15.3. The SMILES string of the molecule is O=C(CCC(F)(F)C(F)(F)F)Cn1cccc1[N+](=O)[O-].O=C(CCC(F)(F)F)Cn1cccc1[N+](=O)[O-].O=C(CCCF)Cn1cccc1[N+](=O)[O-].O=[N+]([O-])c1cccn1C1OC(CF)C(O)C1O.O=[N+]([O-])c1cccn1CC(O)C(O)CF.O=[N+]([O-])c1cccn1CC(O)CF.O=[N+]([O-])c1cccn1Cc1cn(C(CO)CF)nn1. The lowest BCUT2D eigenvalue weighted by atomic mass is 10.1. The number of rotatable bonds is 35. The molecule has 8 unspecified atom stereocenters. The molecule has 6 N–H and O–H groups in total. The molecule has 0 amide bonds. The lowest BCUT2D eigenvalue weighted by Gasteiger charge is -2.18. The first-order valence-corrected chi connectivity index (χ1v) is 32.9. The summed E-state index contributed by atoms with van der Waals surface area (Å²) in [4.78, 5) is 103. The quantitative estimate of drug-likeness (QED) is 0.0123. The summed E-state index contributed by atoms with van der Waals surface area (Å²) in [7, 11) is 0. The molecular weight excluding hydrogens is 1610 g/mol. The number of nitro groups is 7. The van der Waals surface area contributed by atoms with Gasteiger partial charge in [-0.2, -0.15) is 35.1 Å².